The number of rotatable bonds is 3. The van der Waals surface area contributed by atoms with Gasteiger partial charge < -0.3 is 14.6 Å². The van der Waals surface area contributed by atoms with Gasteiger partial charge in [-0.2, -0.15) is 0 Å². The second kappa shape index (κ2) is 6.30. The Morgan fingerprint density at radius 3 is 2.67 bits per heavy atom. The lowest BCUT2D eigenvalue weighted by atomic mass is 10.1. The highest BCUT2D eigenvalue weighted by Crippen LogP contribution is 2.18. The molecule has 0 amide bonds. The molecule has 18 heavy (non-hydrogen) atoms. The van der Waals surface area contributed by atoms with E-state index in [1.807, 2.05) is 0 Å². The van der Waals surface area contributed by atoms with E-state index in [-0.39, 0.29) is 12.2 Å². The van der Waals surface area contributed by atoms with Crippen LogP contribution in [0.1, 0.15) is 22.8 Å². The Kier molecular flexibility index (Phi) is 4.76. The van der Waals surface area contributed by atoms with E-state index in [2.05, 4.69) is 16.6 Å². The fourth-order valence-electron chi connectivity index (χ4n) is 1.22. The molecule has 0 unspecified atom stereocenters. The number of carboxylic acid groups (broad SMARTS) is 1. The van der Waals surface area contributed by atoms with Gasteiger partial charge in [0.2, 0.25) is 0 Å². The molecule has 1 aromatic carbocycles. The third kappa shape index (κ3) is 3.52. The minimum atomic E-state index is -1.07. The van der Waals surface area contributed by atoms with Gasteiger partial charge in [-0.1, -0.05) is 5.92 Å². The molecule has 0 aromatic heterocycles. The summed E-state index contributed by atoms with van der Waals surface area (Å²) in [6, 6.07) is 4.22. The molecule has 5 nitrogen and oxygen atoms in total. The molecule has 0 atom stereocenters. The summed E-state index contributed by atoms with van der Waals surface area (Å²) in [5.74, 6) is 3.45. The van der Waals surface area contributed by atoms with Crippen molar-refractivity contribution >= 4 is 11.9 Å². The second-order valence-corrected chi connectivity index (χ2v) is 3.19. The third-order valence-electron chi connectivity index (χ3n) is 2.02. The Morgan fingerprint density at radius 1 is 1.39 bits per heavy atom. The van der Waals surface area contributed by atoms with Crippen LogP contribution in [0.3, 0.4) is 0 Å². The van der Waals surface area contributed by atoms with Crippen molar-refractivity contribution in [1.29, 1.82) is 0 Å². The molecule has 0 aliphatic heterocycles. The van der Waals surface area contributed by atoms with Gasteiger partial charge in [0.05, 0.1) is 24.8 Å². The average Bonchev–Trinajstić information content (AvgIpc) is 2.36. The van der Waals surface area contributed by atoms with Crippen LogP contribution in [0.4, 0.5) is 0 Å². The zero-order valence-corrected chi connectivity index (χ0v) is 10.0. The Hall–Kier alpha value is -2.48. The molecule has 1 aromatic rings. The molecule has 0 aliphatic carbocycles. The zero-order valence-electron chi connectivity index (χ0n) is 10.0. The standard InChI is InChI=1S/C13H12O5/c1-3-18-12(14)7-5-9-8-10(13(15)16)4-6-11(9)17-2/h4,6,8H,3H2,1-2H3,(H,15,16). The molecule has 0 saturated carbocycles. The number of methoxy groups -OCH3 is 1. The maximum absolute atomic E-state index is 11.1. The van der Waals surface area contributed by atoms with Gasteiger partial charge in [0.15, 0.2) is 0 Å². The smallest absolute Gasteiger partial charge is 0.384 e. The number of hydrogen-bond donors (Lipinski definition) is 1. The number of carbonyl (C=O) groups is 2. The van der Waals surface area contributed by atoms with Crippen LogP contribution < -0.4 is 4.74 Å². The number of carbonyl (C=O) groups excluding carboxylic acids is 1. The van der Waals surface area contributed by atoms with Crippen LogP contribution >= 0.6 is 0 Å². The molecule has 0 aliphatic rings. The Labute approximate surface area is 104 Å². The van der Waals surface area contributed by atoms with Gasteiger partial charge >= 0.3 is 11.9 Å². The summed E-state index contributed by atoms with van der Waals surface area (Å²) in [4.78, 5) is 21.9. The largest absolute Gasteiger partial charge is 0.495 e. The molecule has 1 rings (SSSR count). The SMILES string of the molecule is CCOC(=O)C#Cc1cc(C(=O)O)ccc1OC. The van der Waals surface area contributed by atoms with E-state index in [9.17, 15) is 9.59 Å². The predicted octanol–water partition coefficient (Wildman–Crippen LogP) is 1.31. The van der Waals surface area contributed by atoms with Gasteiger partial charge in [-0.25, -0.2) is 9.59 Å². The van der Waals surface area contributed by atoms with Gasteiger partial charge in [-0.3, -0.25) is 0 Å². The molecular weight excluding hydrogens is 236 g/mol. The van der Waals surface area contributed by atoms with Crippen molar-refractivity contribution in [3.8, 4) is 17.6 Å². The van der Waals surface area contributed by atoms with Crippen molar-refractivity contribution < 1.29 is 24.2 Å². The van der Waals surface area contributed by atoms with Crippen LogP contribution in [-0.2, 0) is 9.53 Å². The summed E-state index contributed by atoms with van der Waals surface area (Å²) in [7, 11) is 1.44. The summed E-state index contributed by atoms with van der Waals surface area (Å²) in [5.41, 5.74) is 0.398. The van der Waals surface area contributed by atoms with Crippen molar-refractivity contribution in [1.82, 2.24) is 0 Å². The number of aromatic carboxylic acids is 1. The van der Waals surface area contributed by atoms with Gasteiger partial charge in [0, 0.05) is 5.92 Å². The average molecular weight is 248 g/mol. The van der Waals surface area contributed by atoms with Crippen molar-refractivity contribution in [2.24, 2.45) is 0 Å². The minimum Gasteiger partial charge on any atom is -0.495 e. The predicted molar refractivity (Wildman–Crippen MR) is 63.5 cm³/mol. The quantitative estimate of drug-likeness (QED) is 0.645. The lowest BCUT2D eigenvalue weighted by Gasteiger charge is -2.03. The number of ether oxygens (including phenoxy) is 2. The first kappa shape index (κ1) is 13.6. The first-order chi connectivity index (χ1) is 8.58. The van der Waals surface area contributed by atoms with Gasteiger partial charge in [-0.05, 0) is 25.1 Å². The number of esters is 1. The normalized spacial score (nSPS) is 9.00. The first-order valence-corrected chi connectivity index (χ1v) is 5.18. The first-order valence-electron chi connectivity index (χ1n) is 5.18. The highest BCUT2D eigenvalue weighted by Gasteiger charge is 2.07. The highest BCUT2D eigenvalue weighted by atomic mass is 16.5. The van der Waals surface area contributed by atoms with Gasteiger partial charge in [-0.15, -0.1) is 0 Å². The van der Waals surface area contributed by atoms with Crippen molar-refractivity contribution in [2.75, 3.05) is 13.7 Å². The fourth-order valence-corrected chi connectivity index (χ4v) is 1.22. The van der Waals surface area contributed by atoms with Crippen LogP contribution in [0.25, 0.3) is 0 Å². The topological polar surface area (TPSA) is 72.8 Å². The highest BCUT2D eigenvalue weighted by molar-refractivity contribution is 5.90. The van der Waals surface area contributed by atoms with E-state index in [0.29, 0.717) is 11.3 Å². The molecule has 1 N–H and O–H groups in total. The van der Waals surface area contributed by atoms with E-state index < -0.39 is 11.9 Å². The molecule has 0 bridgehead atoms. The van der Waals surface area contributed by atoms with Crippen LogP contribution in [0.2, 0.25) is 0 Å². The Bertz CT molecular complexity index is 522. The molecule has 0 heterocycles. The summed E-state index contributed by atoms with van der Waals surface area (Å²) in [6.45, 7) is 1.91. The van der Waals surface area contributed by atoms with Gasteiger partial charge in [0.25, 0.3) is 0 Å². The number of benzene rings is 1. The summed E-state index contributed by atoms with van der Waals surface area (Å²) >= 11 is 0. The molecule has 0 saturated heterocycles. The minimum absolute atomic E-state index is 0.0731. The molecule has 0 radical (unpaired) electrons. The van der Waals surface area contributed by atoms with E-state index in [4.69, 9.17) is 9.84 Å². The van der Waals surface area contributed by atoms with Crippen molar-refractivity contribution in [2.45, 2.75) is 6.92 Å². The fraction of sp³-hybridized carbons (Fsp3) is 0.231. The van der Waals surface area contributed by atoms with Crippen LogP contribution in [0.15, 0.2) is 18.2 Å². The number of hydrogen-bond acceptors (Lipinski definition) is 4. The van der Waals surface area contributed by atoms with Crippen LogP contribution in [0, 0.1) is 11.8 Å². The summed E-state index contributed by atoms with van der Waals surface area (Å²) < 4.78 is 9.67. The second-order valence-electron chi connectivity index (χ2n) is 3.19. The van der Waals surface area contributed by atoms with E-state index in [1.165, 1.54) is 25.3 Å². The molecule has 94 valence electrons. The summed E-state index contributed by atoms with van der Waals surface area (Å²) in [6.07, 6.45) is 0. The van der Waals surface area contributed by atoms with E-state index in [0.717, 1.165) is 0 Å². The van der Waals surface area contributed by atoms with E-state index >= 15 is 0 Å². The van der Waals surface area contributed by atoms with E-state index in [1.54, 1.807) is 6.92 Å². The molecule has 5 heteroatoms. The molecule has 0 fully saturated rings. The van der Waals surface area contributed by atoms with Crippen molar-refractivity contribution in [3.63, 3.8) is 0 Å². The van der Waals surface area contributed by atoms with Crippen molar-refractivity contribution in [3.05, 3.63) is 29.3 Å². The summed E-state index contributed by atoms with van der Waals surface area (Å²) in [5, 5.41) is 8.85. The monoisotopic (exact) mass is 248 g/mol. The lowest BCUT2D eigenvalue weighted by molar-refractivity contribution is -0.136. The van der Waals surface area contributed by atoms with Crippen LogP contribution in [-0.4, -0.2) is 30.8 Å². The maximum atomic E-state index is 11.1. The van der Waals surface area contributed by atoms with Gasteiger partial charge in [0.1, 0.15) is 5.75 Å². The maximum Gasteiger partial charge on any atom is 0.384 e. The third-order valence-corrected chi connectivity index (χ3v) is 2.02. The Morgan fingerprint density at radius 2 is 2.11 bits per heavy atom. The lowest BCUT2D eigenvalue weighted by Crippen LogP contribution is -2.01. The zero-order chi connectivity index (χ0) is 13.5. The molecule has 0 spiro atoms. The number of carboxylic acids is 1. The molecular formula is C13H12O5. The Balaban J connectivity index is 3.08. The van der Waals surface area contributed by atoms with Crippen LogP contribution in [0.5, 0.6) is 5.75 Å².